The summed E-state index contributed by atoms with van der Waals surface area (Å²) in [6, 6.07) is 8.02. The number of rotatable bonds is 8. The highest BCUT2D eigenvalue weighted by Crippen LogP contribution is 2.15. The molecule has 18 heavy (non-hydrogen) atoms. The first-order chi connectivity index (χ1) is 8.77. The maximum Gasteiger partial charge on any atom is 0.224 e. The lowest BCUT2D eigenvalue weighted by atomic mass is 10.1. The van der Waals surface area contributed by atoms with Crippen LogP contribution in [0.3, 0.4) is 0 Å². The molecule has 1 aromatic carbocycles. The lowest BCUT2D eigenvalue weighted by molar-refractivity contribution is -0.119. The third kappa shape index (κ3) is 5.21. The summed E-state index contributed by atoms with van der Waals surface area (Å²) >= 11 is 0. The van der Waals surface area contributed by atoms with Crippen molar-refractivity contribution < 1.29 is 4.79 Å². The van der Waals surface area contributed by atoms with E-state index < -0.39 is 0 Å². The van der Waals surface area contributed by atoms with E-state index in [0.717, 1.165) is 17.8 Å². The Morgan fingerprint density at radius 1 is 1.17 bits per heavy atom. The van der Waals surface area contributed by atoms with Crippen LogP contribution in [0.2, 0.25) is 0 Å². The van der Waals surface area contributed by atoms with Crippen LogP contribution in [0.25, 0.3) is 0 Å². The second-order valence-electron chi connectivity index (χ2n) is 4.49. The normalized spacial score (nSPS) is 10.1. The fourth-order valence-corrected chi connectivity index (χ4v) is 1.88. The van der Waals surface area contributed by atoms with Crippen LogP contribution in [0.15, 0.2) is 24.3 Å². The summed E-state index contributed by atoms with van der Waals surface area (Å²) in [5.74, 6) is 0.0511. The molecule has 0 spiro atoms. The molecule has 0 aliphatic heterocycles. The molecule has 3 nitrogen and oxygen atoms in total. The first-order valence-electron chi connectivity index (χ1n) is 6.80. The molecule has 100 valence electrons. The van der Waals surface area contributed by atoms with Crippen LogP contribution in [-0.2, 0) is 11.2 Å². The number of amides is 1. The van der Waals surface area contributed by atoms with Crippen molar-refractivity contribution in [2.75, 3.05) is 18.9 Å². The minimum Gasteiger partial charge on any atom is -0.385 e. The number of nitrogens with one attached hydrogen (secondary N) is 2. The van der Waals surface area contributed by atoms with Gasteiger partial charge in [-0.05, 0) is 18.1 Å². The van der Waals surface area contributed by atoms with E-state index >= 15 is 0 Å². The molecule has 1 amide bonds. The molecule has 0 heterocycles. The predicted molar refractivity (Wildman–Crippen MR) is 76.8 cm³/mol. The van der Waals surface area contributed by atoms with E-state index in [2.05, 4.69) is 17.6 Å². The molecular formula is C15H24N2O. The zero-order chi connectivity index (χ0) is 13.2. The molecule has 0 fully saturated rings. The molecule has 1 aromatic rings. The molecule has 0 aromatic heterocycles. The van der Waals surface area contributed by atoms with Gasteiger partial charge < -0.3 is 10.6 Å². The zero-order valence-electron chi connectivity index (χ0n) is 11.5. The van der Waals surface area contributed by atoms with Crippen molar-refractivity contribution in [1.82, 2.24) is 5.32 Å². The maximum absolute atomic E-state index is 11.4. The Labute approximate surface area is 110 Å². The number of benzene rings is 1. The smallest absolute Gasteiger partial charge is 0.224 e. The number of carbonyl (C=O) groups excluding carboxylic acids is 1. The standard InChI is InChI=1S/C15H24N2O/c1-3-4-5-8-11-17-14-10-7-6-9-13(14)12-15(18)16-2/h6-7,9-10,17H,3-5,8,11-12H2,1-2H3,(H,16,18). The second-order valence-corrected chi connectivity index (χ2v) is 4.49. The Hall–Kier alpha value is -1.51. The highest BCUT2D eigenvalue weighted by molar-refractivity contribution is 5.80. The molecule has 0 bridgehead atoms. The van der Waals surface area contributed by atoms with Crippen molar-refractivity contribution in [2.45, 2.75) is 39.0 Å². The van der Waals surface area contributed by atoms with E-state index in [4.69, 9.17) is 0 Å². The van der Waals surface area contributed by atoms with Crippen LogP contribution in [0.5, 0.6) is 0 Å². The molecular weight excluding hydrogens is 224 g/mol. The number of carbonyl (C=O) groups is 1. The summed E-state index contributed by atoms with van der Waals surface area (Å²) in [4.78, 5) is 11.4. The van der Waals surface area contributed by atoms with Crippen LogP contribution < -0.4 is 10.6 Å². The number of likely N-dealkylation sites (N-methyl/N-ethyl adjacent to an activating group) is 1. The van der Waals surface area contributed by atoms with Crippen LogP contribution in [0, 0.1) is 0 Å². The van der Waals surface area contributed by atoms with Crippen LogP contribution in [0.4, 0.5) is 5.69 Å². The van der Waals surface area contributed by atoms with Gasteiger partial charge in [-0.25, -0.2) is 0 Å². The number of unbranched alkanes of at least 4 members (excludes halogenated alkanes) is 3. The highest BCUT2D eigenvalue weighted by Gasteiger charge is 2.05. The number of hydrogen-bond donors (Lipinski definition) is 2. The van der Waals surface area contributed by atoms with Crippen molar-refractivity contribution in [3.05, 3.63) is 29.8 Å². The fourth-order valence-electron chi connectivity index (χ4n) is 1.88. The molecule has 0 aliphatic carbocycles. The summed E-state index contributed by atoms with van der Waals surface area (Å²) in [6.07, 6.45) is 5.44. The first-order valence-corrected chi connectivity index (χ1v) is 6.80. The Kier molecular flexibility index (Phi) is 6.92. The van der Waals surface area contributed by atoms with E-state index in [9.17, 15) is 4.79 Å². The summed E-state index contributed by atoms with van der Waals surface area (Å²) in [7, 11) is 1.67. The minimum atomic E-state index is 0.0511. The third-order valence-electron chi connectivity index (χ3n) is 2.99. The van der Waals surface area contributed by atoms with Crippen molar-refractivity contribution in [3.63, 3.8) is 0 Å². The molecule has 3 heteroatoms. The van der Waals surface area contributed by atoms with Crippen LogP contribution in [-0.4, -0.2) is 19.5 Å². The summed E-state index contributed by atoms with van der Waals surface area (Å²) in [5, 5.41) is 6.08. The van der Waals surface area contributed by atoms with Gasteiger partial charge in [-0.15, -0.1) is 0 Å². The lowest BCUT2D eigenvalue weighted by Crippen LogP contribution is -2.20. The number of anilines is 1. The maximum atomic E-state index is 11.4. The van der Waals surface area contributed by atoms with E-state index in [1.165, 1.54) is 25.7 Å². The molecule has 2 N–H and O–H groups in total. The number of hydrogen-bond acceptors (Lipinski definition) is 2. The van der Waals surface area contributed by atoms with Gasteiger partial charge >= 0.3 is 0 Å². The monoisotopic (exact) mass is 248 g/mol. The molecule has 0 saturated heterocycles. The topological polar surface area (TPSA) is 41.1 Å². The molecule has 0 unspecified atom stereocenters. The predicted octanol–water partition coefficient (Wildman–Crippen LogP) is 2.97. The van der Waals surface area contributed by atoms with Gasteiger partial charge in [0.25, 0.3) is 0 Å². The van der Waals surface area contributed by atoms with Gasteiger partial charge in [0.1, 0.15) is 0 Å². The Morgan fingerprint density at radius 2 is 1.94 bits per heavy atom. The first kappa shape index (κ1) is 14.6. The van der Waals surface area contributed by atoms with Gasteiger partial charge in [0.2, 0.25) is 5.91 Å². The Morgan fingerprint density at radius 3 is 2.67 bits per heavy atom. The molecule has 0 saturated carbocycles. The van der Waals surface area contributed by atoms with Gasteiger partial charge in [-0.2, -0.15) is 0 Å². The average Bonchev–Trinajstić information content (AvgIpc) is 2.40. The van der Waals surface area contributed by atoms with Crippen molar-refractivity contribution >= 4 is 11.6 Å². The van der Waals surface area contributed by atoms with Crippen molar-refractivity contribution in [2.24, 2.45) is 0 Å². The highest BCUT2D eigenvalue weighted by atomic mass is 16.1. The molecule has 0 radical (unpaired) electrons. The van der Waals surface area contributed by atoms with Gasteiger partial charge in [-0.3, -0.25) is 4.79 Å². The molecule has 0 aliphatic rings. The molecule has 1 rings (SSSR count). The Balaban J connectivity index is 2.46. The van der Waals surface area contributed by atoms with E-state index in [0.29, 0.717) is 6.42 Å². The summed E-state index contributed by atoms with van der Waals surface area (Å²) in [5.41, 5.74) is 2.14. The van der Waals surface area contributed by atoms with Gasteiger partial charge in [0.15, 0.2) is 0 Å². The third-order valence-corrected chi connectivity index (χ3v) is 2.99. The van der Waals surface area contributed by atoms with Gasteiger partial charge in [0.05, 0.1) is 6.42 Å². The Bertz CT molecular complexity index is 363. The summed E-state index contributed by atoms with van der Waals surface area (Å²) in [6.45, 7) is 3.19. The van der Waals surface area contributed by atoms with Gasteiger partial charge in [-0.1, -0.05) is 44.4 Å². The molecule has 0 atom stereocenters. The van der Waals surface area contributed by atoms with Crippen molar-refractivity contribution in [1.29, 1.82) is 0 Å². The zero-order valence-corrected chi connectivity index (χ0v) is 11.5. The van der Waals surface area contributed by atoms with E-state index in [1.807, 2.05) is 24.3 Å². The summed E-state index contributed by atoms with van der Waals surface area (Å²) < 4.78 is 0. The van der Waals surface area contributed by atoms with E-state index in [1.54, 1.807) is 7.05 Å². The van der Waals surface area contributed by atoms with E-state index in [-0.39, 0.29) is 5.91 Å². The quantitative estimate of drug-likeness (QED) is 0.694. The SMILES string of the molecule is CCCCCCNc1ccccc1CC(=O)NC. The largest absolute Gasteiger partial charge is 0.385 e. The van der Waals surface area contributed by atoms with Crippen LogP contribution in [0.1, 0.15) is 38.2 Å². The lowest BCUT2D eigenvalue weighted by Gasteiger charge is -2.11. The minimum absolute atomic E-state index is 0.0511. The number of para-hydroxylation sites is 1. The fraction of sp³-hybridized carbons (Fsp3) is 0.533. The second kappa shape index (κ2) is 8.56. The van der Waals surface area contributed by atoms with Gasteiger partial charge in [0, 0.05) is 19.3 Å². The van der Waals surface area contributed by atoms with Crippen molar-refractivity contribution in [3.8, 4) is 0 Å². The average molecular weight is 248 g/mol. The van der Waals surface area contributed by atoms with Crippen LogP contribution >= 0.6 is 0 Å².